The molecule has 13 heavy (non-hydrogen) atoms. The second-order valence-corrected chi connectivity index (χ2v) is 2.21. The van der Waals surface area contributed by atoms with Crippen molar-refractivity contribution in [2.24, 2.45) is 0 Å². The summed E-state index contributed by atoms with van der Waals surface area (Å²) < 4.78 is 25.1. The summed E-state index contributed by atoms with van der Waals surface area (Å²) in [7, 11) is 0. The van der Waals surface area contributed by atoms with E-state index in [0.29, 0.717) is 0 Å². The first kappa shape index (κ1) is 12.0. The maximum absolute atomic E-state index is 12.6. The molecule has 0 radical (unpaired) electrons. The summed E-state index contributed by atoms with van der Waals surface area (Å²) in [4.78, 5) is 10.4. The molecule has 1 aromatic carbocycles. The van der Waals surface area contributed by atoms with Gasteiger partial charge in [-0.05, 0) is 23.7 Å². The summed E-state index contributed by atoms with van der Waals surface area (Å²) >= 11 is 4.89. The largest absolute Gasteiger partial charge is 0.275 e. The fourth-order valence-electron chi connectivity index (χ4n) is 0.686. The molecular formula is C9H9ClF2O. The van der Waals surface area contributed by atoms with Crippen LogP contribution >= 0.6 is 11.6 Å². The minimum atomic E-state index is -1.12. The predicted octanol–water partition coefficient (Wildman–Crippen LogP) is 3.37. The highest BCUT2D eigenvalue weighted by Gasteiger charge is 2.13. The monoisotopic (exact) mass is 206 g/mol. The van der Waals surface area contributed by atoms with Gasteiger partial charge in [0.25, 0.3) is 5.24 Å². The zero-order valence-corrected chi connectivity index (χ0v) is 8.03. The molecule has 0 atom stereocenters. The third-order valence-corrected chi connectivity index (χ3v) is 1.35. The van der Waals surface area contributed by atoms with Gasteiger partial charge in [0.15, 0.2) is 0 Å². The molecule has 0 aromatic heterocycles. The van der Waals surface area contributed by atoms with Crippen molar-refractivity contribution in [2.75, 3.05) is 0 Å². The Kier molecular flexibility index (Phi) is 5.23. The Labute approximate surface area is 80.3 Å². The van der Waals surface area contributed by atoms with Gasteiger partial charge in [0.05, 0.1) is 0 Å². The Morgan fingerprint density at radius 2 is 1.62 bits per heavy atom. The molecule has 0 heterocycles. The summed E-state index contributed by atoms with van der Waals surface area (Å²) in [6, 6.07) is 3.10. The average molecular weight is 207 g/mol. The molecule has 0 aliphatic rings. The van der Waals surface area contributed by atoms with Crippen LogP contribution in [0.5, 0.6) is 0 Å². The van der Waals surface area contributed by atoms with Crippen molar-refractivity contribution in [2.45, 2.75) is 13.8 Å². The van der Waals surface area contributed by atoms with Crippen LogP contribution in [0, 0.1) is 11.6 Å². The lowest BCUT2D eigenvalue weighted by Crippen LogP contribution is -1.98. The van der Waals surface area contributed by atoms with Gasteiger partial charge < -0.3 is 0 Å². The van der Waals surface area contributed by atoms with E-state index in [0.717, 1.165) is 18.2 Å². The second-order valence-electron chi connectivity index (χ2n) is 1.87. The third kappa shape index (κ3) is 3.11. The van der Waals surface area contributed by atoms with Crippen molar-refractivity contribution in [3.8, 4) is 0 Å². The lowest BCUT2D eigenvalue weighted by atomic mass is 10.2. The Balaban J connectivity index is 0.000000671. The zero-order chi connectivity index (χ0) is 10.4. The van der Waals surface area contributed by atoms with Gasteiger partial charge in [0.2, 0.25) is 0 Å². The first-order valence-corrected chi connectivity index (χ1v) is 4.14. The van der Waals surface area contributed by atoms with Gasteiger partial charge in [0, 0.05) is 0 Å². The Bertz CT molecular complexity index is 279. The summed E-state index contributed by atoms with van der Waals surface area (Å²) in [6.07, 6.45) is 0. The zero-order valence-electron chi connectivity index (χ0n) is 7.27. The highest BCUT2D eigenvalue weighted by atomic mass is 35.5. The number of rotatable bonds is 1. The van der Waals surface area contributed by atoms with E-state index in [9.17, 15) is 13.6 Å². The molecule has 72 valence electrons. The minimum Gasteiger partial charge on any atom is -0.275 e. The Morgan fingerprint density at radius 3 is 1.85 bits per heavy atom. The molecule has 0 fully saturated rings. The number of carbonyl (C=O) groups is 1. The van der Waals surface area contributed by atoms with Gasteiger partial charge in [-0.3, -0.25) is 4.79 Å². The van der Waals surface area contributed by atoms with Crippen molar-refractivity contribution in [3.63, 3.8) is 0 Å². The van der Waals surface area contributed by atoms with Crippen molar-refractivity contribution in [1.29, 1.82) is 0 Å². The molecule has 0 spiro atoms. The van der Waals surface area contributed by atoms with Gasteiger partial charge in [-0.25, -0.2) is 8.78 Å². The van der Waals surface area contributed by atoms with Crippen LogP contribution in [0.25, 0.3) is 0 Å². The van der Waals surface area contributed by atoms with E-state index in [1.165, 1.54) is 0 Å². The van der Waals surface area contributed by atoms with Gasteiger partial charge in [-0.1, -0.05) is 19.9 Å². The second kappa shape index (κ2) is 5.65. The van der Waals surface area contributed by atoms with Crippen LogP contribution in [-0.4, -0.2) is 5.24 Å². The smallest absolute Gasteiger partial charge is 0.258 e. The van der Waals surface area contributed by atoms with E-state index >= 15 is 0 Å². The van der Waals surface area contributed by atoms with E-state index < -0.39 is 22.4 Å². The van der Waals surface area contributed by atoms with Gasteiger partial charge in [-0.2, -0.15) is 0 Å². The first-order chi connectivity index (χ1) is 6.13. The lowest BCUT2D eigenvalue weighted by molar-refractivity contribution is 0.107. The van der Waals surface area contributed by atoms with Gasteiger partial charge in [0.1, 0.15) is 17.2 Å². The predicted molar refractivity (Wildman–Crippen MR) is 47.9 cm³/mol. The Hall–Kier alpha value is -0.960. The van der Waals surface area contributed by atoms with Crippen molar-refractivity contribution in [1.82, 2.24) is 0 Å². The van der Waals surface area contributed by atoms with E-state index in [4.69, 9.17) is 11.6 Å². The van der Waals surface area contributed by atoms with E-state index in [2.05, 4.69) is 0 Å². The molecule has 1 rings (SSSR count). The summed E-state index contributed by atoms with van der Waals surface area (Å²) in [5, 5.41) is -1.12. The quantitative estimate of drug-likeness (QED) is 0.644. The van der Waals surface area contributed by atoms with Gasteiger partial charge in [-0.15, -0.1) is 0 Å². The molecule has 0 aliphatic carbocycles. The highest BCUT2D eigenvalue weighted by molar-refractivity contribution is 6.67. The topological polar surface area (TPSA) is 17.1 Å². The molecule has 4 heteroatoms. The van der Waals surface area contributed by atoms with Crippen molar-refractivity contribution < 1.29 is 13.6 Å². The number of hydrogen-bond donors (Lipinski definition) is 0. The number of halogens is 3. The molecule has 0 bridgehead atoms. The molecule has 0 aliphatic heterocycles. The summed E-state index contributed by atoms with van der Waals surface area (Å²) in [6.45, 7) is 4.00. The minimum absolute atomic E-state index is 0.700. The molecule has 0 amide bonds. The number of benzene rings is 1. The van der Waals surface area contributed by atoms with E-state index in [-0.39, 0.29) is 0 Å². The van der Waals surface area contributed by atoms with Crippen LogP contribution in [0.4, 0.5) is 8.78 Å². The normalized spacial score (nSPS) is 8.69. The maximum Gasteiger partial charge on any atom is 0.258 e. The number of hydrogen-bond acceptors (Lipinski definition) is 1. The average Bonchev–Trinajstić information content (AvgIpc) is 2.07. The first-order valence-electron chi connectivity index (χ1n) is 3.77. The standard InChI is InChI=1S/C7H3ClF2O.C2H6/c8-7(11)6-4(9)2-1-3-5(6)10;1-2/h1-3H;1-2H3. The Morgan fingerprint density at radius 1 is 1.23 bits per heavy atom. The third-order valence-electron chi connectivity index (χ3n) is 1.16. The van der Waals surface area contributed by atoms with Crippen LogP contribution in [0.3, 0.4) is 0 Å². The fourth-order valence-corrected chi connectivity index (χ4v) is 0.866. The number of carbonyl (C=O) groups excluding carboxylic acids is 1. The van der Waals surface area contributed by atoms with Gasteiger partial charge >= 0.3 is 0 Å². The van der Waals surface area contributed by atoms with Crippen molar-refractivity contribution >= 4 is 16.8 Å². The van der Waals surface area contributed by atoms with Crippen LogP contribution in [0.1, 0.15) is 24.2 Å². The SMILES string of the molecule is CC.O=C(Cl)c1c(F)cccc1F. The summed E-state index contributed by atoms with van der Waals surface area (Å²) in [5.74, 6) is -1.88. The molecule has 0 saturated heterocycles. The maximum atomic E-state index is 12.6. The molecule has 0 N–H and O–H groups in total. The van der Waals surface area contributed by atoms with Crippen LogP contribution in [-0.2, 0) is 0 Å². The van der Waals surface area contributed by atoms with Crippen LogP contribution < -0.4 is 0 Å². The van der Waals surface area contributed by atoms with Crippen LogP contribution in [0.15, 0.2) is 18.2 Å². The van der Waals surface area contributed by atoms with Crippen LogP contribution in [0.2, 0.25) is 0 Å². The molecule has 1 aromatic rings. The highest BCUT2D eigenvalue weighted by Crippen LogP contribution is 2.13. The molecule has 0 saturated carbocycles. The fraction of sp³-hybridized carbons (Fsp3) is 0.222. The summed E-state index contributed by atoms with van der Waals surface area (Å²) in [5.41, 5.74) is -0.700. The van der Waals surface area contributed by atoms with Crippen molar-refractivity contribution in [3.05, 3.63) is 35.4 Å². The molecule has 0 unspecified atom stereocenters. The molecular weight excluding hydrogens is 198 g/mol. The molecule has 1 nitrogen and oxygen atoms in total. The van der Waals surface area contributed by atoms with E-state index in [1.54, 1.807) is 0 Å². The van der Waals surface area contributed by atoms with E-state index in [1.807, 2.05) is 13.8 Å². The lowest BCUT2D eigenvalue weighted by Gasteiger charge is -1.96.